The van der Waals surface area contributed by atoms with Crippen LogP contribution in [-0.2, 0) is 11.2 Å². The van der Waals surface area contributed by atoms with Crippen LogP contribution in [0, 0.1) is 0 Å². The minimum Gasteiger partial charge on any atom is -0.376 e. The summed E-state index contributed by atoms with van der Waals surface area (Å²) in [4.78, 5) is 12.1. The highest BCUT2D eigenvalue weighted by Crippen LogP contribution is 2.21. The molecule has 2 rings (SSSR count). The predicted octanol–water partition coefficient (Wildman–Crippen LogP) is 4.26. The Bertz CT molecular complexity index is 468. The van der Waals surface area contributed by atoms with Gasteiger partial charge in [-0.05, 0) is 43.0 Å². The summed E-state index contributed by atoms with van der Waals surface area (Å²) < 4.78 is 1.08. The summed E-state index contributed by atoms with van der Waals surface area (Å²) in [5.41, 5.74) is 2.28. The lowest BCUT2D eigenvalue weighted by atomic mass is 10.1. The normalized spacial score (nSPS) is 16.3. The van der Waals surface area contributed by atoms with Gasteiger partial charge in [0.1, 0.15) is 0 Å². The van der Waals surface area contributed by atoms with Gasteiger partial charge in [-0.2, -0.15) is 0 Å². The van der Waals surface area contributed by atoms with Crippen LogP contribution < -0.4 is 10.6 Å². The average Bonchev–Trinajstić information content (AvgIpc) is 2.74. The molecule has 0 radical (unpaired) electrons. The number of carbonyl (C=O) groups is 1. The number of rotatable bonds is 5. The third kappa shape index (κ3) is 5.34. The van der Waals surface area contributed by atoms with Gasteiger partial charge >= 0.3 is 0 Å². The Hall–Kier alpha value is -1.03. The lowest BCUT2D eigenvalue weighted by molar-refractivity contribution is -0.120. The third-order valence-electron chi connectivity index (χ3n) is 4.11. The summed E-state index contributed by atoms with van der Waals surface area (Å²) in [6, 6.07) is 6.51. The SMILES string of the molecule is CCc1cc(Br)ccc1NCC(=O)NC1CCCCCC1. The number of hydrogen-bond acceptors (Lipinski definition) is 2. The zero-order chi connectivity index (χ0) is 15.1. The molecule has 1 fully saturated rings. The Balaban J connectivity index is 1.83. The molecule has 116 valence electrons. The van der Waals surface area contributed by atoms with E-state index in [1.807, 2.05) is 12.1 Å². The number of anilines is 1. The molecule has 3 nitrogen and oxygen atoms in total. The van der Waals surface area contributed by atoms with Crippen molar-refractivity contribution in [2.24, 2.45) is 0 Å². The second-order valence-electron chi connectivity index (χ2n) is 5.76. The molecule has 0 bridgehead atoms. The van der Waals surface area contributed by atoms with Crippen molar-refractivity contribution in [3.05, 3.63) is 28.2 Å². The van der Waals surface area contributed by atoms with E-state index in [2.05, 4.69) is 39.6 Å². The number of benzene rings is 1. The Morgan fingerprint density at radius 1 is 1.24 bits per heavy atom. The molecule has 0 saturated heterocycles. The third-order valence-corrected chi connectivity index (χ3v) is 4.60. The molecule has 0 atom stereocenters. The lowest BCUT2D eigenvalue weighted by Gasteiger charge is -2.17. The van der Waals surface area contributed by atoms with E-state index in [0.717, 1.165) is 29.4 Å². The van der Waals surface area contributed by atoms with Crippen molar-refractivity contribution in [2.75, 3.05) is 11.9 Å². The zero-order valence-electron chi connectivity index (χ0n) is 12.8. The van der Waals surface area contributed by atoms with E-state index in [1.165, 1.54) is 31.2 Å². The fraction of sp³-hybridized carbons (Fsp3) is 0.588. The molecule has 0 heterocycles. The Labute approximate surface area is 136 Å². The summed E-state index contributed by atoms with van der Waals surface area (Å²) in [5.74, 6) is 0.104. The highest BCUT2D eigenvalue weighted by molar-refractivity contribution is 9.10. The standard InChI is InChI=1S/C17H25BrN2O/c1-2-13-11-14(18)9-10-16(13)19-12-17(21)20-15-7-5-3-4-6-8-15/h9-11,15,19H,2-8,12H2,1H3,(H,20,21). The molecule has 0 aromatic heterocycles. The van der Waals surface area contributed by atoms with Crippen LogP contribution in [-0.4, -0.2) is 18.5 Å². The highest BCUT2D eigenvalue weighted by atomic mass is 79.9. The summed E-state index contributed by atoms with van der Waals surface area (Å²) in [5, 5.41) is 6.43. The van der Waals surface area contributed by atoms with Gasteiger partial charge in [-0.15, -0.1) is 0 Å². The summed E-state index contributed by atoms with van der Waals surface area (Å²) in [6.07, 6.45) is 8.31. The summed E-state index contributed by atoms with van der Waals surface area (Å²) in [6.45, 7) is 2.48. The lowest BCUT2D eigenvalue weighted by Crippen LogP contribution is -2.38. The Kier molecular flexibility index (Phi) is 6.55. The minimum atomic E-state index is 0.104. The molecule has 1 aliphatic carbocycles. The van der Waals surface area contributed by atoms with Gasteiger partial charge in [0.05, 0.1) is 6.54 Å². The molecule has 1 aromatic carbocycles. The number of carbonyl (C=O) groups excluding carboxylic acids is 1. The first-order valence-electron chi connectivity index (χ1n) is 8.00. The van der Waals surface area contributed by atoms with Gasteiger partial charge in [0, 0.05) is 16.2 Å². The molecular formula is C17H25BrN2O. The van der Waals surface area contributed by atoms with E-state index in [9.17, 15) is 4.79 Å². The monoisotopic (exact) mass is 352 g/mol. The van der Waals surface area contributed by atoms with Crippen LogP contribution in [0.5, 0.6) is 0 Å². The summed E-state index contributed by atoms with van der Waals surface area (Å²) >= 11 is 3.48. The number of aryl methyl sites for hydroxylation is 1. The van der Waals surface area contributed by atoms with Gasteiger partial charge in [0.25, 0.3) is 0 Å². The molecule has 21 heavy (non-hydrogen) atoms. The first-order chi connectivity index (χ1) is 10.2. The minimum absolute atomic E-state index is 0.104. The quantitative estimate of drug-likeness (QED) is 0.777. The van der Waals surface area contributed by atoms with Crippen molar-refractivity contribution in [2.45, 2.75) is 57.9 Å². The summed E-state index contributed by atoms with van der Waals surface area (Å²) in [7, 11) is 0. The van der Waals surface area contributed by atoms with Gasteiger partial charge in [0.2, 0.25) is 5.91 Å². The van der Waals surface area contributed by atoms with Crippen molar-refractivity contribution in [3.63, 3.8) is 0 Å². The van der Waals surface area contributed by atoms with Crippen molar-refractivity contribution in [1.82, 2.24) is 5.32 Å². The molecule has 0 spiro atoms. The maximum Gasteiger partial charge on any atom is 0.239 e. The maximum atomic E-state index is 12.1. The average molecular weight is 353 g/mol. The molecule has 0 unspecified atom stereocenters. The molecule has 2 N–H and O–H groups in total. The van der Waals surface area contributed by atoms with E-state index in [4.69, 9.17) is 0 Å². The van der Waals surface area contributed by atoms with Crippen LogP contribution >= 0.6 is 15.9 Å². The van der Waals surface area contributed by atoms with E-state index >= 15 is 0 Å². The van der Waals surface area contributed by atoms with Gasteiger partial charge in [0.15, 0.2) is 0 Å². The second kappa shape index (κ2) is 8.42. The molecular weight excluding hydrogens is 328 g/mol. The fourth-order valence-corrected chi connectivity index (χ4v) is 3.31. The van der Waals surface area contributed by atoms with Crippen LogP contribution in [0.25, 0.3) is 0 Å². The van der Waals surface area contributed by atoms with Crippen LogP contribution in [0.15, 0.2) is 22.7 Å². The van der Waals surface area contributed by atoms with Gasteiger partial charge < -0.3 is 10.6 Å². The van der Waals surface area contributed by atoms with Crippen molar-refractivity contribution in [1.29, 1.82) is 0 Å². The zero-order valence-corrected chi connectivity index (χ0v) is 14.3. The molecule has 1 saturated carbocycles. The molecule has 0 aliphatic heterocycles. The van der Waals surface area contributed by atoms with Crippen molar-refractivity contribution in [3.8, 4) is 0 Å². The largest absolute Gasteiger partial charge is 0.376 e. The number of nitrogens with one attached hydrogen (secondary N) is 2. The van der Waals surface area contributed by atoms with Gasteiger partial charge in [-0.3, -0.25) is 4.79 Å². The maximum absolute atomic E-state index is 12.1. The van der Waals surface area contributed by atoms with E-state index < -0.39 is 0 Å². The number of halogens is 1. The van der Waals surface area contributed by atoms with E-state index in [-0.39, 0.29) is 5.91 Å². The second-order valence-corrected chi connectivity index (χ2v) is 6.68. The highest BCUT2D eigenvalue weighted by Gasteiger charge is 2.14. The number of hydrogen-bond donors (Lipinski definition) is 2. The molecule has 1 aliphatic rings. The smallest absolute Gasteiger partial charge is 0.239 e. The van der Waals surface area contributed by atoms with Gasteiger partial charge in [-0.1, -0.05) is 48.5 Å². The predicted molar refractivity (Wildman–Crippen MR) is 91.6 cm³/mol. The first-order valence-corrected chi connectivity index (χ1v) is 8.80. The van der Waals surface area contributed by atoms with E-state index in [1.54, 1.807) is 0 Å². The Morgan fingerprint density at radius 2 is 1.95 bits per heavy atom. The molecule has 4 heteroatoms. The Morgan fingerprint density at radius 3 is 2.62 bits per heavy atom. The molecule has 1 amide bonds. The number of amides is 1. The van der Waals surface area contributed by atoms with Crippen molar-refractivity contribution >= 4 is 27.5 Å². The van der Waals surface area contributed by atoms with E-state index in [0.29, 0.717) is 12.6 Å². The topological polar surface area (TPSA) is 41.1 Å². The fourth-order valence-electron chi connectivity index (χ4n) is 2.91. The van der Waals surface area contributed by atoms with Crippen molar-refractivity contribution < 1.29 is 4.79 Å². The van der Waals surface area contributed by atoms with Crippen LogP contribution in [0.2, 0.25) is 0 Å². The van der Waals surface area contributed by atoms with Crippen LogP contribution in [0.1, 0.15) is 51.0 Å². The first kappa shape index (κ1) is 16.3. The van der Waals surface area contributed by atoms with Crippen LogP contribution in [0.4, 0.5) is 5.69 Å². The molecule has 1 aromatic rings. The van der Waals surface area contributed by atoms with Gasteiger partial charge in [-0.25, -0.2) is 0 Å². The van der Waals surface area contributed by atoms with Crippen LogP contribution in [0.3, 0.4) is 0 Å².